The summed E-state index contributed by atoms with van der Waals surface area (Å²) in [6.07, 6.45) is 0. The van der Waals surface area contributed by atoms with Gasteiger partial charge in [-0.15, -0.1) is 0 Å². The number of nitrogens with zero attached hydrogens (tertiary/aromatic N) is 2. The molecule has 5 heteroatoms. The van der Waals surface area contributed by atoms with Gasteiger partial charge in [0, 0.05) is 38.3 Å². The molecule has 0 saturated carbocycles. The quantitative estimate of drug-likeness (QED) is 0.936. The topological polar surface area (TPSA) is 52.7 Å². The second-order valence-corrected chi connectivity index (χ2v) is 6.06. The summed E-state index contributed by atoms with van der Waals surface area (Å²) in [5.74, 6) is 0.0233. The molecule has 0 atom stereocenters. The van der Waals surface area contributed by atoms with Crippen LogP contribution in [0.1, 0.15) is 17.3 Å². The van der Waals surface area contributed by atoms with Gasteiger partial charge in [0.2, 0.25) is 0 Å². The van der Waals surface area contributed by atoms with Gasteiger partial charge in [0.05, 0.1) is 0 Å². The van der Waals surface area contributed by atoms with Gasteiger partial charge in [-0.25, -0.2) is 4.79 Å². The van der Waals surface area contributed by atoms with Gasteiger partial charge in [-0.1, -0.05) is 42.5 Å². The summed E-state index contributed by atoms with van der Waals surface area (Å²) in [6.45, 7) is 4.79. The Balaban J connectivity index is 1.61. The molecule has 3 amide bonds. The van der Waals surface area contributed by atoms with E-state index in [4.69, 9.17) is 0 Å². The van der Waals surface area contributed by atoms with Crippen LogP contribution in [0.4, 0.5) is 4.79 Å². The van der Waals surface area contributed by atoms with Crippen LogP contribution in [-0.4, -0.2) is 54.5 Å². The SMILES string of the molecule is CCNC(=O)N1CCN(C(=O)c2ccc(-c3ccccc3)cc2)CC1. The standard InChI is InChI=1S/C20H23N3O2/c1-2-21-20(25)23-14-12-22(13-15-23)19(24)18-10-8-17(9-11-18)16-6-4-3-5-7-16/h3-11H,2,12-15H2,1H3,(H,21,25). The molecule has 0 spiro atoms. The molecule has 2 aromatic rings. The minimum atomic E-state index is -0.0539. The van der Waals surface area contributed by atoms with E-state index in [0.29, 0.717) is 38.3 Å². The number of carbonyl (C=O) groups is 2. The van der Waals surface area contributed by atoms with Crippen LogP contribution in [0, 0.1) is 0 Å². The molecule has 0 bridgehead atoms. The molecular weight excluding hydrogens is 314 g/mol. The molecule has 1 N–H and O–H groups in total. The van der Waals surface area contributed by atoms with E-state index in [1.807, 2.05) is 54.3 Å². The van der Waals surface area contributed by atoms with Crippen LogP contribution < -0.4 is 5.32 Å². The molecule has 1 fully saturated rings. The first-order valence-corrected chi connectivity index (χ1v) is 8.66. The Morgan fingerprint density at radius 1 is 0.840 bits per heavy atom. The molecule has 1 saturated heterocycles. The molecule has 3 rings (SSSR count). The molecule has 1 heterocycles. The fourth-order valence-electron chi connectivity index (χ4n) is 2.99. The predicted molar refractivity (Wildman–Crippen MR) is 98.4 cm³/mol. The minimum Gasteiger partial charge on any atom is -0.338 e. The van der Waals surface area contributed by atoms with Crippen molar-refractivity contribution in [2.24, 2.45) is 0 Å². The van der Waals surface area contributed by atoms with Crippen molar-refractivity contribution in [2.45, 2.75) is 6.92 Å². The summed E-state index contributed by atoms with van der Waals surface area (Å²) in [5.41, 5.74) is 2.92. The number of carbonyl (C=O) groups excluding carboxylic acids is 2. The van der Waals surface area contributed by atoms with E-state index in [1.54, 1.807) is 4.90 Å². The van der Waals surface area contributed by atoms with Crippen molar-refractivity contribution in [1.82, 2.24) is 15.1 Å². The Labute approximate surface area is 148 Å². The highest BCUT2D eigenvalue weighted by Crippen LogP contribution is 2.20. The molecule has 1 aliphatic heterocycles. The second-order valence-electron chi connectivity index (χ2n) is 6.06. The van der Waals surface area contributed by atoms with E-state index in [-0.39, 0.29) is 11.9 Å². The Morgan fingerprint density at radius 2 is 1.40 bits per heavy atom. The lowest BCUT2D eigenvalue weighted by atomic mass is 10.0. The summed E-state index contributed by atoms with van der Waals surface area (Å²) in [6, 6.07) is 17.8. The lowest BCUT2D eigenvalue weighted by Crippen LogP contribution is -2.53. The zero-order valence-electron chi connectivity index (χ0n) is 14.4. The summed E-state index contributed by atoms with van der Waals surface area (Å²) < 4.78 is 0. The smallest absolute Gasteiger partial charge is 0.317 e. The van der Waals surface area contributed by atoms with E-state index in [9.17, 15) is 9.59 Å². The van der Waals surface area contributed by atoms with Gasteiger partial charge < -0.3 is 15.1 Å². The fraction of sp³-hybridized carbons (Fsp3) is 0.300. The van der Waals surface area contributed by atoms with Gasteiger partial charge in [0.15, 0.2) is 0 Å². The first kappa shape index (κ1) is 17.0. The number of rotatable bonds is 3. The van der Waals surface area contributed by atoms with Gasteiger partial charge in [0.1, 0.15) is 0 Å². The highest BCUT2D eigenvalue weighted by molar-refractivity contribution is 5.95. The number of benzene rings is 2. The lowest BCUT2D eigenvalue weighted by Gasteiger charge is -2.34. The Morgan fingerprint density at radius 3 is 2.00 bits per heavy atom. The summed E-state index contributed by atoms with van der Waals surface area (Å²) in [7, 11) is 0. The first-order valence-electron chi connectivity index (χ1n) is 8.66. The molecule has 0 unspecified atom stereocenters. The summed E-state index contributed by atoms with van der Waals surface area (Å²) >= 11 is 0. The zero-order valence-corrected chi connectivity index (χ0v) is 14.4. The maximum Gasteiger partial charge on any atom is 0.317 e. The van der Waals surface area contributed by atoms with Crippen LogP contribution in [0.15, 0.2) is 54.6 Å². The zero-order chi connectivity index (χ0) is 17.6. The number of amides is 3. The lowest BCUT2D eigenvalue weighted by molar-refractivity contribution is 0.0665. The predicted octanol–water partition coefficient (Wildman–Crippen LogP) is 2.84. The van der Waals surface area contributed by atoms with Gasteiger partial charge in [0.25, 0.3) is 5.91 Å². The molecular formula is C20H23N3O2. The van der Waals surface area contributed by atoms with Crippen LogP contribution in [-0.2, 0) is 0 Å². The van der Waals surface area contributed by atoms with Crippen LogP contribution >= 0.6 is 0 Å². The third-order valence-corrected chi connectivity index (χ3v) is 4.42. The monoisotopic (exact) mass is 337 g/mol. The molecule has 2 aromatic carbocycles. The van der Waals surface area contributed by atoms with Crippen molar-refractivity contribution in [3.8, 4) is 11.1 Å². The van der Waals surface area contributed by atoms with Crippen molar-refractivity contribution in [2.75, 3.05) is 32.7 Å². The van der Waals surface area contributed by atoms with Crippen LogP contribution in [0.5, 0.6) is 0 Å². The van der Waals surface area contributed by atoms with Gasteiger partial charge in [-0.05, 0) is 30.2 Å². The van der Waals surface area contributed by atoms with Crippen molar-refractivity contribution in [1.29, 1.82) is 0 Å². The molecule has 1 aliphatic rings. The van der Waals surface area contributed by atoms with E-state index < -0.39 is 0 Å². The number of piperazine rings is 1. The maximum absolute atomic E-state index is 12.7. The van der Waals surface area contributed by atoms with Crippen molar-refractivity contribution in [3.05, 3.63) is 60.2 Å². The normalized spacial score (nSPS) is 14.3. The fourth-order valence-corrected chi connectivity index (χ4v) is 2.99. The average molecular weight is 337 g/mol. The van der Waals surface area contributed by atoms with E-state index in [2.05, 4.69) is 17.4 Å². The minimum absolute atomic E-state index is 0.0233. The van der Waals surface area contributed by atoms with Crippen molar-refractivity contribution < 1.29 is 9.59 Å². The van der Waals surface area contributed by atoms with E-state index in [0.717, 1.165) is 11.1 Å². The molecule has 25 heavy (non-hydrogen) atoms. The number of hydrogen-bond acceptors (Lipinski definition) is 2. The van der Waals surface area contributed by atoms with E-state index >= 15 is 0 Å². The van der Waals surface area contributed by atoms with Crippen molar-refractivity contribution in [3.63, 3.8) is 0 Å². The highest BCUT2D eigenvalue weighted by Gasteiger charge is 2.24. The Bertz CT molecular complexity index is 720. The Kier molecular flexibility index (Phi) is 5.33. The highest BCUT2D eigenvalue weighted by atomic mass is 16.2. The molecule has 0 radical (unpaired) electrons. The second kappa shape index (κ2) is 7.83. The maximum atomic E-state index is 12.7. The molecule has 130 valence electrons. The molecule has 0 aromatic heterocycles. The largest absolute Gasteiger partial charge is 0.338 e. The molecule has 5 nitrogen and oxygen atoms in total. The summed E-state index contributed by atoms with van der Waals surface area (Å²) in [5, 5.41) is 2.80. The van der Waals surface area contributed by atoms with Crippen LogP contribution in [0.2, 0.25) is 0 Å². The van der Waals surface area contributed by atoms with Crippen LogP contribution in [0.3, 0.4) is 0 Å². The first-order chi connectivity index (χ1) is 12.2. The van der Waals surface area contributed by atoms with Gasteiger partial charge in [-0.3, -0.25) is 4.79 Å². The number of urea groups is 1. The third-order valence-electron chi connectivity index (χ3n) is 4.42. The number of hydrogen-bond donors (Lipinski definition) is 1. The van der Waals surface area contributed by atoms with Gasteiger partial charge in [-0.2, -0.15) is 0 Å². The number of nitrogens with one attached hydrogen (secondary N) is 1. The summed E-state index contributed by atoms with van der Waals surface area (Å²) in [4.78, 5) is 28.1. The molecule has 0 aliphatic carbocycles. The average Bonchev–Trinajstić information content (AvgIpc) is 2.68. The third kappa shape index (κ3) is 3.99. The van der Waals surface area contributed by atoms with Crippen LogP contribution in [0.25, 0.3) is 11.1 Å². The Hall–Kier alpha value is -2.82. The van der Waals surface area contributed by atoms with Gasteiger partial charge >= 0.3 is 6.03 Å². The van der Waals surface area contributed by atoms with E-state index in [1.165, 1.54) is 0 Å². The van der Waals surface area contributed by atoms with Crippen molar-refractivity contribution >= 4 is 11.9 Å².